The second-order valence-electron chi connectivity index (χ2n) is 3.95. The minimum atomic E-state index is -5.61. The van der Waals surface area contributed by atoms with Gasteiger partial charge in [-0.15, -0.1) is 12.6 Å². The van der Waals surface area contributed by atoms with Crippen LogP contribution in [-0.4, -0.2) is 22.2 Å². The molecular weight excluding hydrogens is 345 g/mol. The van der Waals surface area contributed by atoms with Gasteiger partial charge in [0.15, 0.2) is 5.92 Å². The first-order valence-electron chi connectivity index (χ1n) is 4.57. The van der Waals surface area contributed by atoms with E-state index in [1.807, 2.05) is 0 Å². The molecular formula is C7H10ClF6O3PS. The molecule has 3 atom stereocenters. The van der Waals surface area contributed by atoms with Crippen molar-refractivity contribution in [3.63, 3.8) is 0 Å². The Hall–Kier alpha value is 0.370. The van der Waals surface area contributed by atoms with E-state index in [4.69, 9.17) is 16.1 Å². The highest BCUT2D eigenvalue weighted by Gasteiger charge is 2.62. The van der Waals surface area contributed by atoms with Gasteiger partial charge in [-0.1, -0.05) is 6.92 Å². The van der Waals surface area contributed by atoms with Crippen LogP contribution in [0.2, 0.25) is 0 Å². The molecule has 0 aromatic carbocycles. The van der Waals surface area contributed by atoms with Gasteiger partial charge >= 0.3 is 19.3 Å². The Morgan fingerprint density at radius 1 is 1.21 bits per heavy atom. The molecule has 3 unspecified atom stereocenters. The molecule has 0 aliphatic carbocycles. The molecule has 0 radical (unpaired) electrons. The monoisotopic (exact) mass is 354 g/mol. The summed E-state index contributed by atoms with van der Waals surface area (Å²) in [6, 6.07) is 0. The third-order valence-corrected chi connectivity index (χ3v) is 3.80. The zero-order valence-electron chi connectivity index (χ0n) is 9.46. The van der Waals surface area contributed by atoms with Crippen LogP contribution in [0.25, 0.3) is 0 Å². The van der Waals surface area contributed by atoms with Gasteiger partial charge in [0.05, 0.1) is 0 Å². The summed E-state index contributed by atoms with van der Waals surface area (Å²) in [7, 11) is 0. The fraction of sp³-hybridized carbons (Fsp3) is 1.00. The molecule has 0 saturated heterocycles. The van der Waals surface area contributed by atoms with E-state index in [-0.39, 0.29) is 0 Å². The van der Waals surface area contributed by atoms with Crippen molar-refractivity contribution in [2.24, 2.45) is 11.8 Å². The molecule has 3 nitrogen and oxygen atoms in total. The molecule has 19 heavy (non-hydrogen) atoms. The zero-order chi connectivity index (χ0) is 15.9. The standard InChI is InChI=1S/C7H10ClF6O3PS/c1-3(5(2,19)17-18(8,15)16)4(6(9,10)11)7(12,13)14/h3-4,19H,1-2H3,(H,15,16). The van der Waals surface area contributed by atoms with Gasteiger partial charge < -0.3 is 4.89 Å². The van der Waals surface area contributed by atoms with Crippen molar-refractivity contribution in [1.82, 2.24) is 0 Å². The Morgan fingerprint density at radius 3 is 1.74 bits per heavy atom. The fourth-order valence-corrected chi connectivity index (χ4v) is 3.05. The summed E-state index contributed by atoms with van der Waals surface area (Å²) in [6.45, 7) is -3.59. The van der Waals surface area contributed by atoms with Crippen molar-refractivity contribution in [2.75, 3.05) is 0 Å². The van der Waals surface area contributed by atoms with Gasteiger partial charge in [0.25, 0.3) is 0 Å². The van der Waals surface area contributed by atoms with Crippen LogP contribution in [-0.2, 0) is 9.09 Å². The molecule has 0 spiro atoms. The molecule has 0 aliphatic rings. The lowest BCUT2D eigenvalue weighted by molar-refractivity contribution is -0.304. The fourth-order valence-electron chi connectivity index (χ4n) is 1.37. The summed E-state index contributed by atoms with van der Waals surface area (Å²) in [4.78, 5) is 6.16. The summed E-state index contributed by atoms with van der Waals surface area (Å²) in [6.07, 6.45) is -11.2. The van der Waals surface area contributed by atoms with Crippen LogP contribution >= 0.6 is 30.8 Å². The number of rotatable bonds is 4. The van der Waals surface area contributed by atoms with Crippen molar-refractivity contribution >= 4 is 30.8 Å². The molecule has 0 rings (SSSR count). The molecule has 12 heteroatoms. The Kier molecular flexibility index (Phi) is 5.74. The molecule has 116 valence electrons. The average Bonchev–Trinajstić information content (AvgIpc) is 1.91. The SMILES string of the molecule is CC(C(C(F)(F)F)C(F)(F)F)C(C)(S)OP(=O)(O)Cl. The first kappa shape index (κ1) is 19.4. The second kappa shape index (κ2) is 5.63. The van der Waals surface area contributed by atoms with Crippen LogP contribution in [0.3, 0.4) is 0 Å². The zero-order valence-corrected chi connectivity index (χ0v) is 12.0. The van der Waals surface area contributed by atoms with Crippen LogP contribution < -0.4 is 0 Å². The van der Waals surface area contributed by atoms with Crippen molar-refractivity contribution in [2.45, 2.75) is 31.1 Å². The molecule has 1 N–H and O–H groups in total. The lowest BCUT2D eigenvalue weighted by atomic mass is 9.88. The molecule has 0 heterocycles. The predicted molar refractivity (Wildman–Crippen MR) is 58.9 cm³/mol. The smallest absolute Gasteiger partial charge is 0.313 e. The van der Waals surface area contributed by atoms with Crippen LogP contribution in [0.1, 0.15) is 13.8 Å². The summed E-state index contributed by atoms with van der Waals surface area (Å²) in [5, 5.41) is 0. The molecule has 0 amide bonds. The predicted octanol–water partition coefficient (Wildman–Crippen LogP) is 4.37. The van der Waals surface area contributed by atoms with E-state index >= 15 is 0 Å². The van der Waals surface area contributed by atoms with Crippen molar-refractivity contribution in [3.8, 4) is 0 Å². The number of halogens is 7. The molecule has 0 fully saturated rings. The molecule has 0 aliphatic heterocycles. The number of alkyl halides is 6. The van der Waals surface area contributed by atoms with Crippen LogP contribution in [0.5, 0.6) is 0 Å². The third kappa shape index (κ3) is 6.12. The van der Waals surface area contributed by atoms with Crippen LogP contribution in [0, 0.1) is 11.8 Å². The van der Waals surface area contributed by atoms with Gasteiger partial charge in [0.1, 0.15) is 4.93 Å². The van der Waals surface area contributed by atoms with E-state index in [1.165, 1.54) is 0 Å². The maximum absolute atomic E-state index is 12.5. The Balaban J connectivity index is 5.44. The highest BCUT2D eigenvalue weighted by Crippen LogP contribution is 2.57. The van der Waals surface area contributed by atoms with Crippen LogP contribution in [0.4, 0.5) is 26.3 Å². The normalized spacial score (nSPS) is 21.9. The molecule has 0 aromatic rings. The van der Waals surface area contributed by atoms with E-state index in [0.717, 1.165) is 0 Å². The largest absolute Gasteiger partial charge is 0.422 e. The molecule has 0 bridgehead atoms. The van der Waals surface area contributed by atoms with Gasteiger partial charge in [-0.25, -0.2) is 4.57 Å². The molecule has 0 aromatic heterocycles. The van der Waals surface area contributed by atoms with Gasteiger partial charge in [0, 0.05) is 17.2 Å². The highest BCUT2D eigenvalue weighted by atomic mass is 35.7. The van der Waals surface area contributed by atoms with Crippen molar-refractivity contribution in [1.29, 1.82) is 0 Å². The first-order valence-corrected chi connectivity index (χ1v) is 7.50. The lowest BCUT2D eigenvalue weighted by Gasteiger charge is -2.37. The Bertz CT molecular complexity index is 351. The third-order valence-electron chi connectivity index (χ3n) is 2.35. The summed E-state index contributed by atoms with van der Waals surface area (Å²) >= 11 is 8.21. The number of thiol groups is 1. The minimum Gasteiger partial charge on any atom is -0.313 e. The second-order valence-corrected chi connectivity index (χ2v) is 7.20. The van der Waals surface area contributed by atoms with Gasteiger partial charge in [-0.05, 0) is 6.92 Å². The van der Waals surface area contributed by atoms with Crippen molar-refractivity contribution < 1.29 is 40.3 Å². The van der Waals surface area contributed by atoms with Crippen LogP contribution in [0.15, 0.2) is 0 Å². The first-order chi connectivity index (χ1) is 7.98. The maximum atomic E-state index is 12.5. The topological polar surface area (TPSA) is 46.5 Å². The van der Waals surface area contributed by atoms with E-state index in [1.54, 1.807) is 0 Å². The van der Waals surface area contributed by atoms with E-state index < -0.39 is 36.1 Å². The molecule has 0 saturated carbocycles. The van der Waals surface area contributed by atoms with E-state index in [0.29, 0.717) is 13.8 Å². The van der Waals surface area contributed by atoms with Gasteiger partial charge in [-0.2, -0.15) is 26.3 Å². The highest BCUT2D eigenvalue weighted by molar-refractivity contribution is 7.84. The van der Waals surface area contributed by atoms with Gasteiger partial charge in [0.2, 0.25) is 0 Å². The summed E-state index contributed by atoms with van der Waals surface area (Å²) in [5.41, 5.74) is 0. The Labute approximate surface area is 115 Å². The van der Waals surface area contributed by atoms with E-state index in [2.05, 4.69) is 17.2 Å². The Morgan fingerprint density at radius 2 is 1.53 bits per heavy atom. The summed E-state index contributed by atoms with van der Waals surface area (Å²) in [5.74, 6) is -6.08. The number of hydrogen-bond acceptors (Lipinski definition) is 3. The van der Waals surface area contributed by atoms with Crippen molar-refractivity contribution in [3.05, 3.63) is 0 Å². The summed E-state index contributed by atoms with van der Waals surface area (Å²) < 4.78 is 89.6. The van der Waals surface area contributed by atoms with E-state index in [9.17, 15) is 30.9 Å². The number of hydrogen-bond donors (Lipinski definition) is 2. The lowest BCUT2D eigenvalue weighted by Crippen LogP contribution is -2.48. The minimum absolute atomic E-state index is 0.547. The quantitative estimate of drug-likeness (QED) is 0.341. The maximum Gasteiger partial charge on any atom is 0.422 e. The van der Waals surface area contributed by atoms with Gasteiger partial charge in [-0.3, -0.25) is 4.52 Å². The average molecular weight is 355 g/mol.